The van der Waals surface area contributed by atoms with E-state index in [1.54, 1.807) is 25.3 Å². The molecule has 5 nitrogen and oxygen atoms in total. The van der Waals surface area contributed by atoms with Crippen LogP contribution >= 0.6 is 0 Å². The van der Waals surface area contributed by atoms with Gasteiger partial charge in [-0.05, 0) is 25.5 Å². The molecule has 0 aliphatic heterocycles. The third-order valence-corrected chi connectivity index (χ3v) is 2.41. The van der Waals surface area contributed by atoms with Crippen LogP contribution in [-0.2, 0) is 0 Å². The Balaban J connectivity index is 2.56. The number of hydrogen-bond donors (Lipinski definition) is 2. The first-order valence-corrected chi connectivity index (χ1v) is 4.81. The van der Waals surface area contributed by atoms with Gasteiger partial charge in [-0.2, -0.15) is 5.10 Å². The maximum Gasteiger partial charge on any atom is 0.354 e. The Morgan fingerprint density at radius 2 is 2.12 bits per heavy atom. The lowest BCUT2D eigenvalue weighted by Crippen LogP contribution is -2.04. The highest BCUT2D eigenvalue weighted by Crippen LogP contribution is 2.20. The molecule has 2 N–H and O–H groups in total. The van der Waals surface area contributed by atoms with Crippen LogP contribution in [0.1, 0.15) is 21.7 Å². The number of H-pyrrole nitrogens is 1. The zero-order valence-electron chi connectivity index (χ0n) is 8.98. The fourth-order valence-corrected chi connectivity index (χ4v) is 1.50. The second kappa shape index (κ2) is 3.77. The van der Waals surface area contributed by atoms with Gasteiger partial charge < -0.3 is 5.11 Å². The van der Waals surface area contributed by atoms with E-state index in [4.69, 9.17) is 5.11 Å². The van der Waals surface area contributed by atoms with E-state index < -0.39 is 5.97 Å². The number of carboxylic acid groups (broad SMARTS) is 1. The smallest absolute Gasteiger partial charge is 0.354 e. The number of carbonyl (C=O) groups is 1. The van der Waals surface area contributed by atoms with Crippen molar-refractivity contribution < 1.29 is 9.90 Å². The van der Waals surface area contributed by atoms with Crippen LogP contribution in [0.25, 0.3) is 11.3 Å². The molecule has 2 rings (SSSR count). The van der Waals surface area contributed by atoms with E-state index in [2.05, 4.69) is 15.2 Å². The molecule has 82 valence electrons. The van der Waals surface area contributed by atoms with Crippen molar-refractivity contribution in [3.63, 3.8) is 0 Å². The fourth-order valence-electron chi connectivity index (χ4n) is 1.50. The maximum absolute atomic E-state index is 10.9. The number of hydrogen-bond acceptors (Lipinski definition) is 3. The summed E-state index contributed by atoms with van der Waals surface area (Å²) in [4.78, 5) is 15.1. The van der Waals surface area contributed by atoms with Crippen LogP contribution in [-0.4, -0.2) is 26.3 Å². The standard InChI is InChI=1S/C11H11N3O2/c1-6-3-4-9(13-10(6)11(15)16)8-5-12-14-7(8)2/h3-5H,1-2H3,(H,12,14)(H,15,16). The summed E-state index contributed by atoms with van der Waals surface area (Å²) in [7, 11) is 0. The monoisotopic (exact) mass is 217 g/mol. The third-order valence-electron chi connectivity index (χ3n) is 2.41. The van der Waals surface area contributed by atoms with Gasteiger partial charge in [-0.25, -0.2) is 9.78 Å². The van der Waals surface area contributed by atoms with Crippen LogP contribution in [0, 0.1) is 13.8 Å². The van der Waals surface area contributed by atoms with Gasteiger partial charge in [0.15, 0.2) is 5.69 Å². The van der Waals surface area contributed by atoms with E-state index in [9.17, 15) is 4.79 Å². The lowest BCUT2D eigenvalue weighted by molar-refractivity contribution is 0.0690. The van der Waals surface area contributed by atoms with Crippen LogP contribution in [0.3, 0.4) is 0 Å². The number of carboxylic acids is 1. The molecule has 0 aliphatic rings. The van der Waals surface area contributed by atoms with Crippen molar-refractivity contribution in [2.45, 2.75) is 13.8 Å². The Labute approximate surface area is 92.2 Å². The summed E-state index contributed by atoms with van der Waals surface area (Å²) in [6, 6.07) is 3.54. The molecule has 2 aromatic heterocycles. The van der Waals surface area contributed by atoms with E-state index in [1.165, 1.54) is 0 Å². The molecule has 0 atom stereocenters. The molecular formula is C11H11N3O2. The zero-order chi connectivity index (χ0) is 11.7. The van der Waals surface area contributed by atoms with E-state index >= 15 is 0 Å². The van der Waals surface area contributed by atoms with Crippen molar-refractivity contribution in [3.8, 4) is 11.3 Å². The van der Waals surface area contributed by atoms with E-state index in [0.29, 0.717) is 11.3 Å². The molecule has 16 heavy (non-hydrogen) atoms. The van der Waals surface area contributed by atoms with Crippen LogP contribution in [0.2, 0.25) is 0 Å². The molecule has 0 aliphatic carbocycles. The first-order valence-electron chi connectivity index (χ1n) is 4.81. The van der Waals surface area contributed by atoms with Gasteiger partial charge in [0.2, 0.25) is 0 Å². The predicted octanol–water partition coefficient (Wildman–Crippen LogP) is 1.79. The highest BCUT2D eigenvalue weighted by atomic mass is 16.4. The third kappa shape index (κ3) is 1.67. The SMILES string of the molecule is Cc1ccc(-c2cn[nH]c2C)nc1C(=O)O. The van der Waals surface area contributed by atoms with Crippen molar-refractivity contribution in [3.05, 3.63) is 35.3 Å². The first-order chi connectivity index (χ1) is 7.59. The minimum atomic E-state index is -1.01. The topological polar surface area (TPSA) is 78.9 Å². The fraction of sp³-hybridized carbons (Fsp3) is 0.182. The number of nitrogens with one attached hydrogen (secondary N) is 1. The van der Waals surface area contributed by atoms with Crippen molar-refractivity contribution >= 4 is 5.97 Å². The van der Waals surface area contributed by atoms with Gasteiger partial charge in [0.05, 0.1) is 11.9 Å². The molecule has 2 aromatic rings. The largest absolute Gasteiger partial charge is 0.477 e. The Bertz CT molecular complexity index is 546. The molecule has 0 saturated heterocycles. The second-order valence-corrected chi connectivity index (χ2v) is 3.58. The highest BCUT2D eigenvalue weighted by Gasteiger charge is 2.12. The molecular weight excluding hydrogens is 206 g/mol. The van der Waals surface area contributed by atoms with Crippen LogP contribution in [0.5, 0.6) is 0 Å². The maximum atomic E-state index is 10.9. The van der Waals surface area contributed by atoms with Crippen molar-refractivity contribution in [1.29, 1.82) is 0 Å². The Hall–Kier alpha value is -2.17. The molecule has 0 fully saturated rings. The van der Waals surface area contributed by atoms with Gasteiger partial charge in [-0.3, -0.25) is 5.10 Å². The summed E-state index contributed by atoms with van der Waals surface area (Å²) in [5.74, 6) is -1.01. The van der Waals surface area contributed by atoms with E-state index in [-0.39, 0.29) is 5.69 Å². The first kappa shape index (κ1) is 10.4. The van der Waals surface area contributed by atoms with Gasteiger partial charge in [0, 0.05) is 11.3 Å². The van der Waals surface area contributed by atoms with Crippen molar-refractivity contribution in [1.82, 2.24) is 15.2 Å². The summed E-state index contributed by atoms with van der Waals surface area (Å²) in [5, 5.41) is 15.6. The number of aromatic nitrogens is 3. The van der Waals surface area contributed by atoms with Gasteiger partial charge in [-0.15, -0.1) is 0 Å². The van der Waals surface area contributed by atoms with Gasteiger partial charge in [0.1, 0.15) is 0 Å². The molecule has 0 amide bonds. The molecule has 0 unspecified atom stereocenters. The Kier molecular flexibility index (Phi) is 2.44. The lowest BCUT2D eigenvalue weighted by atomic mass is 10.1. The predicted molar refractivity (Wildman–Crippen MR) is 58.3 cm³/mol. The minimum Gasteiger partial charge on any atom is -0.477 e. The van der Waals surface area contributed by atoms with Crippen LogP contribution in [0.15, 0.2) is 18.3 Å². The molecule has 0 bridgehead atoms. The normalized spacial score (nSPS) is 10.4. The second-order valence-electron chi connectivity index (χ2n) is 3.58. The summed E-state index contributed by atoms with van der Waals surface area (Å²) in [6.07, 6.45) is 1.64. The number of aryl methyl sites for hydroxylation is 2. The van der Waals surface area contributed by atoms with Crippen molar-refractivity contribution in [2.24, 2.45) is 0 Å². The van der Waals surface area contributed by atoms with E-state index in [1.807, 2.05) is 6.92 Å². The molecule has 2 heterocycles. The minimum absolute atomic E-state index is 0.0816. The molecule has 5 heteroatoms. The average Bonchev–Trinajstić information content (AvgIpc) is 2.65. The van der Waals surface area contributed by atoms with Crippen LogP contribution < -0.4 is 0 Å². The number of aromatic amines is 1. The van der Waals surface area contributed by atoms with Crippen molar-refractivity contribution in [2.75, 3.05) is 0 Å². The number of rotatable bonds is 2. The Morgan fingerprint density at radius 1 is 1.38 bits per heavy atom. The summed E-state index contributed by atoms with van der Waals surface area (Å²) in [5.41, 5.74) is 3.04. The van der Waals surface area contributed by atoms with Gasteiger partial charge in [0.25, 0.3) is 0 Å². The highest BCUT2D eigenvalue weighted by molar-refractivity contribution is 5.87. The summed E-state index contributed by atoms with van der Waals surface area (Å²) >= 11 is 0. The summed E-state index contributed by atoms with van der Waals surface area (Å²) in [6.45, 7) is 3.59. The molecule has 0 spiro atoms. The van der Waals surface area contributed by atoms with Gasteiger partial charge >= 0.3 is 5.97 Å². The molecule has 0 radical (unpaired) electrons. The number of aromatic carboxylic acids is 1. The quantitative estimate of drug-likeness (QED) is 0.803. The number of nitrogens with zero attached hydrogens (tertiary/aromatic N) is 2. The van der Waals surface area contributed by atoms with Crippen LogP contribution in [0.4, 0.5) is 0 Å². The molecule has 0 saturated carbocycles. The summed E-state index contributed by atoms with van der Waals surface area (Å²) < 4.78 is 0. The average molecular weight is 217 g/mol. The Morgan fingerprint density at radius 3 is 2.69 bits per heavy atom. The zero-order valence-corrected chi connectivity index (χ0v) is 8.98. The van der Waals surface area contributed by atoms with E-state index in [0.717, 1.165) is 11.3 Å². The lowest BCUT2D eigenvalue weighted by Gasteiger charge is -2.03. The van der Waals surface area contributed by atoms with Gasteiger partial charge in [-0.1, -0.05) is 6.07 Å². The number of pyridine rings is 1. The molecule has 0 aromatic carbocycles.